The van der Waals surface area contributed by atoms with Crippen molar-refractivity contribution in [3.8, 4) is 5.75 Å². The highest BCUT2D eigenvalue weighted by Crippen LogP contribution is 2.21. The molecule has 1 aliphatic heterocycles. The van der Waals surface area contributed by atoms with Crippen LogP contribution in [0.4, 0.5) is 0 Å². The molecule has 0 aliphatic carbocycles. The molecule has 3 rings (SSSR count). The van der Waals surface area contributed by atoms with Gasteiger partial charge in [-0.2, -0.15) is 5.10 Å². The molecule has 1 fully saturated rings. The van der Waals surface area contributed by atoms with Crippen molar-refractivity contribution in [2.45, 2.75) is 6.54 Å². The number of carbonyl (C=O) groups excluding carboxylic acids is 1. The fourth-order valence-corrected chi connectivity index (χ4v) is 2.74. The van der Waals surface area contributed by atoms with Crippen molar-refractivity contribution in [1.29, 1.82) is 0 Å². The maximum absolute atomic E-state index is 12.0. The molecule has 7 heteroatoms. The lowest BCUT2D eigenvalue weighted by Crippen LogP contribution is -2.35. The third kappa shape index (κ3) is 4.87. The number of nitrogens with zero attached hydrogens (tertiary/aromatic N) is 3. The predicted octanol–water partition coefficient (Wildman–Crippen LogP) is 1.69. The number of aromatic nitrogens is 1. The Morgan fingerprint density at radius 1 is 1.31 bits per heavy atom. The summed E-state index contributed by atoms with van der Waals surface area (Å²) in [7, 11) is 1.67. The van der Waals surface area contributed by atoms with E-state index in [2.05, 4.69) is 20.4 Å². The number of hydrogen-bond donors (Lipinski definition) is 1. The Morgan fingerprint density at radius 2 is 2.08 bits per heavy atom. The molecule has 0 unspecified atom stereocenters. The molecule has 26 heavy (non-hydrogen) atoms. The van der Waals surface area contributed by atoms with Gasteiger partial charge in [-0.15, -0.1) is 0 Å². The first kappa shape index (κ1) is 18.0. The summed E-state index contributed by atoms with van der Waals surface area (Å²) >= 11 is 0. The van der Waals surface area contributed by atoms with Gasteiger partial charge in [0, 0.05) is 43.2 Å². The largest absolute Gasteiger partial charge is 0.496 e. The Balaban J connectivity index is 1.65. The van der Waals surface area contributed by atoms with Gasteiger partial charge in [0.25, 0.3) is 5.91 Å². The average molecular weight is 354 g/mol. The van der Waals surface area contributed by atoms with Gasteiger partial charge in [0.15, 0.2) is 0 Å². The van der Waals surface area contributed by atoms with Crippen LogP contribution in [-0.2, 0) is 11.3 Å². The van der Waals surface area contributed by atoms with Gasteiger partial charge in [-0.25, -0.2) is 5.43 Å². The number of methoxy groups -OCH3 is 1. The summed E-state index contributed by atoms with van der Waals surface area (Å²) in [4.78, 5) is 18.2. The number of carbonyl (C=O) groups is 1. The van der Waals surface area contributed by atoms with E-state index >= 15 is 0 Å². The van der Waals surface area contributed by atoms with Gasteiger partial charge < -0.3 is 9.47 Å². The van der Waals surface area contributed by atoms with E-state index in [1.165, 1.54) is 0 Å². The first-order valence-electron chi connectivity index (χ1n) is 8.47. The van der Waals surface area contributed by atoms with Gasteiger partial charge in [0.1, 0.15) is 5.75 Å². The van der Waals surface area contributed by atoms with E-state index < -0.39 is 0 Å². The number of morpholine rings is 1. The third-order valence-electron chi connectivity index (χ3n) is 4.12. The Kier molecular flexibility index (Phi) is 6.29. The van der Waals surface area contributed by atoms with Crippen LogP contribution in [0.15, 0.2) is 47.8 Å². The lowest BCUT2D eigenvalue weighted by Gasteiger charge is -2.27. The van der Waals surface area contributed by atoms with Crippen LogP contribution in [0.2, 0.25) is 0 Å². The van der Waals surface area contributed by atoms with Crippen LogP contribution in [0.3, 0.4) is 0 Å². The van der Waals surface area contributed by atoms with Crippen LogP contribution in [-0.4, -0.2) is 55.4 Å². The van der Waals surface area contributed by atoms with Crippen LogP contribution in [0, 0.1) is 0 Å². The maximum Gasteiger partial charge on any atom is 0.271 e. The minimum atomic E-state index is -0.272. The van der Waals surface area contributed by atoms with E-state index in [1.54, 1.807) is 37.9 Å². The molecule has 1 saturated heterocycles. The van der Waals surface area contributed by atoms with Gasteiger partial charge in [-0.05, 0) is 35.9 Å². The SMILES string of the molecule is COc1ccc(/C=N/NC(=O)c2ccncc2)cc1CN1CCOCC1. The number of hydrogen-bond acceptors (Lipinski definition) is 6. The standard InChI is InChI=1S/C19H22N4O3/c1-25-18-3-2-15(12-17(18)14-23-8-10-26-11-9-23)13-21-22-19(24)16-4-6-20-7-5-16/h2-7,12-13H,8-11,14H2,1H3,(H,22,24)/b21-13+. The van der Waals surface area contributed by atoms with Crippen LogP contribution >= 0.6 is 0 Å². The molecule has 7 nitrogen and oxygen atoms in total. The van der Waals surface area contributed by atoms with Crippen LogP contribution in [0.25, 0.3) is 0 Å². The number of rotatable bonds is 6. The summed E-state index contributed by atoms with van der Waals surface area (Å²) in [6.07, 6.45) is 4.77. The van der Waals surface area contributed by atoms with E-state index in [9.17, 15) is 4.79 Å². The molecule has 0 atom stereocenters. The molecule has 1 aliphatic rings. The molecular weight excluding hydrogens is 332 g/mol. The molecule has 1 N–H and O–H groups in total. The van der Waals surface area contributed by atoms with Gasteiger partial charge in [-0.3, -0.25) is 14.7 Å². The second-order valence-electron chi connectivity index (χ2n) is 5.89. The lowest BCUT2D eigenvalue weighted by atomic mass is 10.1. The zero-order chi connectivity index (χ0) is 18.2. The predicted molar refractivity (Wildman–Crippen MR) is 98.4 cm³/mol. The smallest absolute Gasteiger partial charge is 0.271 e. The lowest BCUT2D eigenvalue weighted by molar-refractivity contribution is 0.0339. The Bertz CT molecular complexity index is 759. The molecular formula is C19H22N4O3. The highest BCUT2D eigenvalue weighted by Gasteiger charge is 2.13. The van der Waals surface area contributed by atoms with Crippen molar-refractivity contribution in [2.24, 2.45) is 5.10 Å². The van der Waals surface area contributed by atoms with Crippen LogP contribution in [0.5, 0.6) is 5.75 Å². The molecule has 136 valence electrons. The number of ether oxygens (including phenoxy) is 2. The monoisotopic (exact) mass is 354 g/mol. The second kappa shape index (κ2) is 9.07. The van der Waals surface area contributed by atoms with E-state index in [0.717, 1.165) is 49.7 Å². The zero-order valence-corrected chi connectivity index (χ0v) is 14.7. The van der Waals surface area contributed by atoms with Gasteiger partial charge in [-0.1, -0.05) is 0 Å². The van der Waals surface area contributed by atoms with E-state index in [1.807, 2.05) is 18.2 Å². The van der Waals surface area contributed by atoms with Gasteiger partial charge in [0.05, 0.1) is 26.5 Å². The summed E-state index contributed by atoms with van der Waals surface area (Å²) < 4.78 is 10.9. The van der Waals surface area contributed by atoms with E-state index in [-0.39, 0.29) is 5.91 Å². The normalized spacial score (nSPS) is 15.1. The Morgan fingerprint density at radius 3 is 2.81 bits per heavy atom. The van der Waals surface area contributed by atoms with Crippen molar-refractivity contribution >= 4 is 12.1 Å². The fourth-order valence-electron chi connectivity index (χ4n) is 2.74. The van der Waals surface area contributed by atoms with Crippen LogP contribution in [0.1, 0.15) is 21.5 Å². The average Bonchev–Trinajstić information content (AvgIpc) is 2.69. The van der Waals surface area contributed by atoms with E-state index in [4.69, 9.17) is 9.47 Å². The van der Waals surface area contributed by atoms with Crippen molar-refractivity contribution in [2.75, 3.05) is 33.4 Å². The molecule has 0 saturated carbocycles. The summed E-state index contributed by atoms with van der Waals surface area (Å²) in [5.41, 5.74) is 5.01. The minimum Gasteiger partial charge on any atom is -0.496 e. The first-order valence-corrected chi connectivity index (χ1v) is 8.47. The fraction of sp³-hybridized carbons (Fsp3) is 0.316. The number of nitrogens with one attached hydrogen (secondary N) is 1. The van der Waals surface area contributed by atoms with Crippen molar-refractivity contribution < 1.29 is 14.3 Å². The topological polar surface area (TPSA) is 76.0 Å². The van der Waals surface area contributed by atoms with Crippen LogP contribution < -0.4 is 10.2 Å². The summed E-state index contributed by atoms with van der Waals surface area (Å²) in [6.45, 7) is 4.11. The van der Waals surface area contributed by atoms with Crippen molar-refractivity contribution in [3.63, 3.8) is 0 Å². The third-order valence-corrected chi connectivity index (χ3v) is 4.12. The van der Waals surface area contributed by atoms with Crippen molar-refractivity contribution in [3.05, 3.63) is 59.4 Å². The van der Waals surface area contributed by atoms with E-state index in [0.29, 0.717) is 5.56 Å². The zero-order valence-electron chi connectivity index (χ0n) is 14.7. The number of benzene rings is 1. The highest BCUT2D eigenvalue weighted by atomic mass is 16.5. The first-order chi connectivity index (χ1) is 12.8. The summed E-state index contributed by atoms with van der Waals surface area (Å²) in [5, 5.41) is 4.04. The van der Waals surface area contributed by atoms with Crippen molar-refractivity contribution in [1.82, 2.24) is 15.3 Å². The number of pyridine rings is 1. The molecule has 0 bridgehead atoms. The molecule has 0 radical (unpaired) electrons. The number of amides is 1. The minimum absolute atomic E-state index is 0.272. The molecule has 1 amide bonds. The number of hydrazone groups is 1. The molecule has 1 aromatic carbocycles. The molecule has 2 aromatic rings. The highest BCUT2D eigenvalue weighted by molar-refractivity contribution is 5.94. The summed E-state index contributed by atoms with van der Waals surface area (Å²) in [5.74, 6) is 0.570. The molecule has 1 aromatic heterocycles. The molecule has 2 heterocycles. The van der Waals surface area contributed by atoms with Gasteiger partial charge in [0.2, 0.25) is 0 Å². The maximum atomic E-state index is 12.0. The molecule has 0 spiro atoms. The Hall–Kier alpha value is -2.77. The quantitative estimate of drug-likeness (QED) is 0.631. The second-order valence-corrected chi connectivity index (χ2v) is 5.89. The summed E-state index contributed by atoms with van der Waals surface area (Å²) in [6, 6.07) is 9.12. The van der Waals surface area contributed by atoms with Gasteiger partial charge >= 0.3 is 0 Å². The Labute approximate surface area is 152 Å².